The zero-order chi connectivity index (χ0) is 16.8. The summed E-state index contributed by atoms with van der Waals surface area (Å²) in [7, 11) is 0. The summed E-state index contributed by atoms with van der Waals surface area (Å²) in [4.78, 5) is 13.7. The number of aliphatic hydroxyl groups excluding tert-OH is 1. The van der Waals surface area contributed by atoms with Gasteiger partial charge in [-0.3, -0.25) is 4.90 Å². The highest BCUT2D eigenvalue weighted by Gasteiger charge is 2.50. The van der Waals surface area contributed by atoms with E-state index in [2.05, 4.69) is 0 Å². The molecular weight excluding hydrogens is 311 g/mol. The number of fused-ring (bicyclic) bond motifs is 1. The van der Waals surface area contributed by atoms with Gasteiger partial charge in [0.25, 0.3) is 0 Å². The van der Waals surface area contributed by atoms with Crippen molar-refractivity contribution >= 4 is 11.8 Å². The van der Waals surface area contributed by atoms with Gasteiger partial charge < -0.3 is 9.84 Å². The summed E-state index contributed by atoms with van der Waals surface area (Å²) in [5.41, 5.74) is 0.00892. The number of amides is 1. The molecule has 2 aliphatic rings. The third-order valence-electron chi connectivity index (χ3n) is 4.49. The van der Waals surface area contributed by atoms with E-state index in [9.17, 15) is 23.1 Å². The Bertz CT molecular complexity index is 613. The first-order valence-electron chi connectivity index (χ1n) is 7.66. The van der Waals surface area contributed by atoms with Crippen LogP contribution in [0.2, 0.25) is 0 Å². The maximum absolute atomic E-state index is 13.0. The van der Waals surface area contributed by atoms with Crippen LogP contribution in [0.5, 0.6) is 0 Å². The van der Waals surface area contributed by atoms with Crippen molar-refractivity contribution in [2.24, 2.45) is 5.92 Å². The molecule has 1 aliphatic heterocycles. The lowest BCUT2D eigenvalue weighted by molar-refractivity contribution is -0.137. The van der Waals surface area contributed by atoms with E-state index in [0.29, 0.717) is 11.3 Å². The minimum atomic E-state index is -4.46. The van der Waals surface area contributed by atoms with Gasteiger partial charge in [-0.05, 0) is 49.4 Å². The number of carbonyl (C=O) groups excluding carboxylic acids is 1. The highest BCUT2D eigenvalue weighted by Crippen LogP contribution is 2.51. The number of nitrogens with zero attached hydrogens (tertiary/aromatic N) is 1. The van der Waals surface area contributed by atoms with E-state index < -0.39 is 23.8 Å². The van der Waals surface area contributed by atoms with Crippen molar-refractivity contribution in [1.29, 1.82) is 0 Å². The minimum absolute atomic E-state index is 0.187. The first kappa shape index (κ1) is 16.1. The topological polar surface area (TPSA) is 49.8 Å². The molecule has 3 rings (SSSR count). The fourth-order valence-corrected chi connectivity index (χ4v) is 3.37. The predicted molar refractivity (Wildman–Crippen MR) is 77.3 cm³/mol. The van der Waals surface area contributed by atoms with Gasteiger partial charge in [-0.15, -0.1) is 0 Å². The number of ether oxygens (including phenoxy) is 1. The molecule has 0 radical (unpaired) electrons. The van der Waals surface area contributed by atoms with Crippen molar-refractivity contribution in [2.75, 3.05) is 18.1 Å². The Morgan fingerprint density at radius 3 is 2.61 bits per heavy atom. The molecule has 1 heterocycles. The third-order valence-corrected chi connectivity index (χ3v) is 4.49. The Balaban J connectivity index is 2.06. The van der Waals surface area contributed by atoms with E-state index in [0.717, 1.165) is 25.0 Å². The molecule has 7 heteroatoms. The van der Waals surface area contributed by atoms with Crippen molar-refractivity contribution < 1.29 is 27.8 Å². The second-order valence-corrected chi connectivity index (χ2v) is 5.96. The first-order valence-corrected chi connectivity index (χ1v) is 7.66. The smallest absolute Gasteiger partial charge is 0.416 e. The number of hydrogen-bond acceptors (Lipinski definition) is 3. The van der Waals surface area contributed by atoms with Crippen LogP contribution in [0.25, 0.3) is 0 Å². The molecule has 23 heavy (non-hydrogen) atoms. The van der Waals surface area contributed by atoms with Crippen LogP contribution in [-0.4, -0.2) is 30.5 Å². The van der Waals surface area contributed by atoms with Gasteiger partial charge in [-0.2, -0.15) is 13.2 Å². The van der Waals surface area contributed by atoms with Gasteiger partial charge >= 0.3 is 12.3 Å². The van der Waals surface area contributed by atoms with Gasteiger partial charge in [0.2, 0.25) is 0 Å². The SMILES string of the molecule is CCOC(=O)N1c2ccc(C(F)(F)F)cc2C(CO)C1C1CC1. The molecule has 1 aliphatic carbocycles. The average molecular weight is 329 g/mol. The maximum Gasteiger partial charge on any atom is 0.416 e. The molecular formula is C16H18F3NO3. The lowest BCUT2D eigenvalue weighted by Crippen LogP contribution is -2.41. The molecule has 2 unspecified atom stereocenters. The van der Waals surface area contributed by atoms with Crippen LogP contribution in [-0.2, 0) is 10.9 Å². The quantitative estimate of drug-likeness (QED) is 0.923. The molecule has 0 saturated heterocycles. The molecule has 1 aromatic carbocycles. The molecule has 1 fully saturated rings. The highest BCUT2D eigenvalue weighted by molar-refractivity contribution is 5.92. The monoisotopic (exact) mass is 329 g/mol. The fraction of sp³-hybridized carbons (Fsp3) is 0.562. The lowest BCUT2D eigenvalue weighted by atomic mass is 9.92. The van der Waals surface area contributed by atoms with Gasteiger partial charge in [-0.25, -0.2) is 4.79 Å². The summed E-state index contributed by atoms with van der Waals surface area (Å²) in [6.45, 7) is 1.56. The van der Waals surface area contributed by atoms with Gasteiger partial charge in [0, 0.05) is 5.92 Å². The van der Waals surface area contributed by atoms with Crippen molar-refractivity contribution in [3.8, 4) is 0 Å². The van der Waals surface area contributed by atoms with Crippen molar-refractivity contribution in [1.82, 2.24) is 0 Å². The zero-order valence-corrected chi connectivity index (χ0v) is 12.6. The summed E-state index contributed by atoms with van der Waals surface area (Å²) >= 11 is 0. The average Bonchev–Trinajstić information content (AvgIpc) is 3.27. The van der Waals surface area contributed by atoms with Crippen molar-refractivity contribution in [2.45, 2.75) is 37.9 Å². The van der Waals surface area contributed by atoms with E-state index in [1.807, 2.05) is 0 Å². The van der Waals surface area contributed by atoms with Gasteiger partial charge in [-0.1, -0.05) is 0 Å². The number of benzene rings is 1. The maximum atomic E-state index is 13.0. The van der Waals surface area contributed by atoms with E-state index in [4.69, 9.17) is 4.74 Å². The van der Waals surface area contributed by atoms with Gasteiger partial charge in [0.05, 0.1) is 30.5 Å². The highest BCUT2D eigenvalue weighted by atomic mass is 19.4. The third kappa shape index (κ3) is 2.78. The Kier molecular flexibility index (Phi) is 4.00. The lowest BCUT2D eigenvalue weighted by Gasteiger charge is -2.27. The number of alkyl halides is 3. The minimum Gasteiger partial charge on any atom is -0.449 e. The Labute approximate surface area is 131 Å². The van der Waals surface area contributed by atoms with Crippen LogP contribution in [0, 0.1) is 5.92 Å². The van der Waals surface area contributed by atoms with Gasteiger partial charge in [0.1, 0.15) is 0 Å². The van der Waals surface area contributed by atoms with E-state index in [1.165, 1.54) is 11.0 Å². The molecule has 0 bridgehead atoms. The van der Waals surface area contributed by atoms with Gasteiger partial charge in [0.15, 0.2) is 0 Å². The second kappa shape index (κ2) is 5.70. The number of halogens is 3. The van der Waals surface area contributed by atoms with Crippen LogP contribution in [0.3, 0.4) is 0 Å². The van der Waals surface area contributed by atoms with Crippen molar-refractivity contribution in [3.05, 3.63) is 29.3 Å². The predicted octanol–water partition coefficient (Wildman–Crippen LogP) is 3.54. The normalized spacial score (nSPS) is 23.8. The Hall–Kier alpha value is -1.76. The summed E-state index contributed by atoms with van der Waals surface area (Å²) in [5.74, 6) is -0.317. The fourth-order valence-electron chi connectivity index (χ4n) is 3.37. The van der Waals surface area contributed by atoms with Crippen molar-refractivity contribution in [3.63, 3.8) is 0 Å². The number of aliphatic hydroxyl groups is 1. The van der Waals surface area contributed by atoms with E-state index in [1.54, 1.807) is 6.92 Å². The van der Waals surface area contributed by atoms with Crippen LogP contribution >= 0.6 is 0 Å². The first-order chi connectivity index (χ1) is 10.9. The Morgan fingerprint density at radius 1 is 1.39 bits per heavy atom. The van der Waals surface area contributed by atoms with E-state index >= 15 is 0 Å². The molecule has 0 aromatic heterocycles. The number of carbonyl (C=O) groups is 1. The Morgan fingerprint density at radius 2 is 2.09 bits per heavy atom. The zero-order valence-electron chi connectivity index (χ0n) is 12.6. The molecule has 1 aromatic rings. The second-order valence-electron chi connectivity index (χ2n) is 5.96. The van der Waals surface area contributed by atoms with Crippen LogP contribution in [0.4, 0.5) is 23.7 Å². The molecule has 126 valence electrons. The standard InChI is InChI=1S/C16H18F3NO3/c1-2-23-15(22)20-13-6-5-10(16(17,18)19)7-11(13)12(8-21)14(20)9-3-4-9/h5-7,9,12,14,21H,2-4,8H2,1H3. The van der Waals surface area contributed by atoms with Crippen LogP contribution in [0.1, 0.15) is 36.8 Å². The largest absolute Gasteiger partial charge is 0.449 e. The van der Waals surface area contributed by atoms with Crippen LogP contribution in [0.15, 0.2) is 18.2 Å². The van der Waals surface area contributed by atoms with E-state index in [-0.39, 0.29) is 25.2 Å². The molecule has 2 atom stereocenters. The number of anilines is 1. The summed E-state index contributed by atoms with van der Waals surface area (Å²) in [6.07, 6.45) is -3.23. The molecule has 1 N–H and O–H groups in total. The number of hydrogen-bond donors (Lipinski definition) is 1. The molecule has 1 amide bonds. The number of rotatable bonds is 3. The summed E-state index contributed by atoms with van der Waals surface area (Å²) in [6, 6.07) is 2.98. The molecule has 4 nitrogen and oxygen atoms in total. The summed E-state index contributed by atoms with van der Waals surface area (Å²) < 4.78 is 44.0. The summed E-state index contributed by atoms with van der Waals surface area (Å²) in [5, 5.41) is 9.72. The molecule has 0 spiro atoms. The van der Waals surface area contributed by atoms with Crippen LogP contribution < -0.4 is 4.90 Å². The molecule has 1 saturated carbocycles.